The van der Waals surface area contributed by atoms with Crippen LogP contribution in [0.5, 0.6) is 0 Å². The molecule has 2 aliphatic rings. The van der Waals surface area contributed by atoms with Gasteiger partial charge in [0.15, 0.2) is 10.9 Å². The number of fused-ring (bicyclic) bond motifs is 8. The Labute approximate surface area is 446 Å². The Kier molecular flexibility index (Phi) is 10.0. The second kappa shape index (κ2) is 17.2. The van der Waals surface area contributed by atoms with Gasteiger partial charge in [-0.2, -0.15) is 0 Å². The highest BCUT2D eigenvalue weighted by Gasteiger charge is 2.52. The standard InChI is InChI=1S/C70H44N2O2S2/c73-67-51-29-13-19-35-63(51)75-65-39-37-49(41-53(65)67)71-59-33-17-15-31-55(59)69(45-21-5-1-6-22-45,46-23-7-2-8-24-46)57-43-62-58(44-61(57)71)70(47-25-9-3-10-26-47,48-27-11-4-12-28-48)56-32-16-18-34-60(56)72(62)50-38-40-66-54(42-50)68(74)52-30-14-20-36-64(52)76-66/h1-44H. The van der Waals surface area contributed by atoms with Gasteiger partial charge in [0, 0.05) is 51.7 Å². The summed E-state index contributed by atoms with van der Waals surface area (Å²) >= 11 is 3.30. The molecule has 0 spiro atoms. The molecule has 11 aromatic carbocycles. The van der Waals surface area contributed by atoms with Crippen molar-refractivity contribution in [2.24, 2.45) is 0 Å². The number of benzene rings is 11. The largest absolute Gasteiger partial charge is 0.310 e. The molecule has 358 valence electrons. The topological polar surface area (TPSA) is 40.6 Å². The lowest BCUT2D eigenvalue weighted by Crippen LogP contribution is -2.41. The summed E-state index contributed by atoms with van der Waals surface area (Å²) in [6, 6.07) is 95.0. The van der Waals surface area contributed by atoms with Crippen LogP contribution in [0.15, 0.2) is 277 Å². The minimum atomic E-state index is -0.851. The SMILES string of the molecule is O=c1c2ccccc2sc2ccc(N3c4ccccc4C(c4ccccc4)(c4ccccc4)c4cc5c(cc43)C(c3ccccc3)(c3ccccc3)c3ccccc3N5c3ccc4sc5ccccc5c(=O)c4c3)cc12. The van der Waals surface area contributed by atoms with Crippen LogP contribution in [0.25, 0.3) is 40.3 Å². The highest BCUT2D eigenvalue weighted by molar-refractivity contribution is 7.25. The lowest BCUT2D eigenvalue weighted by molar-refractivity contribution is 0.711. The fourth-order valence-corrected chi connectivity index (χ4v) is 14.9. The van der Waals surface area contributed by atoms with E-state index >= 15 is 0 Å². The maximum atomic E-state index is 14.7. The summed E-state index contributed by atoms with van der Waals surface area (Å²) in [6.07, 6.45) is 0. The van der Waals surface area contributed by atoms with Gasteiger partial charge in [-0.1, -0.05) is 182 Å². The van der Waals surface area contributed by atoms with Gasteiger partial charge in [0.2, 0.25) is 0 Å². The smallest absolute Gasteiger partial charge is 0.195 e. The van der Waals surface area contributed by atoms with Crippen molar-refractivity contribution in [2.45, 2.75) is 10.8 Å². The van der Waals surface area contributed by atoms with E-state index in [0.29, 0.717) is 10.8 Å². The van der Waals surface area contributed by atoms with Gasteiger partial charge in [-0.25, -0.2) is 0 Å². The van der Waals surface area contributed by atoms with E-state index in [2.05, 4.69) is 228 Å². The van der Waals surface area contributed by atoms with Gasteiger partial charge in [0.05, 0.1) is 33.6 Å². The van der Waals surface area contributed by atoms with E-state index in [4.69, 9.17) is 0 Å². The van der Waals surface area contributed by atoms with E-state index in [-0.39, 0.29) is 10.9 Å². The molecule has 2 aliphatic heterocycles. The third-order valence-electron chi connectivity index (χ3n) is 16.0. The number of anilines is 6. The van der Waals surface area contributed by atoms with Crippen LogP contribution in [-0.4, -0.2) is 0 Å². The van der Waals surface area contributed by atoms with Crippen molar-refractivity contribution in [1.29, 1.82) is 0 Å². The molecule has 0 aliphatic carbocycles. The molecule has 2 aromatic heterocycles. The first-order valence-corrected chi connectivity index (χ1v) is 27.3. The van der Waals surface area contributed by atoms with Gasteiger partial charge in [0.25, 0.3) is 0 Å². The summed E-state index contributed by atoms with van der Waals surface area (Å²) in [4.78, 5) is 34.2. The van der Waals surface area contributed by atoms with E-state index < -0.39 is 10.8 Å². The minimum absolute atomic E-state index is 0.0231. The Morgan fingerprint density at radius 2 is 0.579 bits per heavy atom. The van der Waals surface area contributed by atoms with Crippen LogP contribution >= 0.6 is 22.7 Å². The molecular formula is C70H44N2O2S2. The molecule has 0 radical (unpaired) electrons. The van der Waals surface area contributed by atoms with Gasteiger partial charge in [-0.3, -0.25) is 9.59 Å². The normalized spacial score (nSPS) is 14.1. The molecule has 4 nitrogen and oxygen atoms in total. The first-order chi connectivity index (χ1) is 37.5. The predicted octanol–water partition coefficient (Wildman–Crippen LogP) is 17.5. The lowest BCUT2D eigenvalue weighted by Gasteiger charge is -2.50. The van der Waals surface area contributed by atoms with Gasteiger partial charge >= 0.3 is 0 Å². The zero-order valence-electron chi connectivity index (χ0n) is 40.9. The number of nitrogens with zero attached hydrogens (tertiary/aromatic N) is 2. The number of hydrogen-bond donors (Lipinski definition) is 0. The molecule has 13 aromatic rings. The predicted molar refractivity (Wildman–Crippen MR) is 318 cm³/mol. The van der Waals surface area contributed by atoms with E-state index in [9.17, 15) is 9.59 Å². The fourth-order valence-electron chi connectivity index (χ4n) is 12.8. The molecule has 6 heteroatoms. The first-order valence-electron chi connectivity index (χ1n) is 25.6. The molecule has 0 unspecified atom stereocenters. The van der Waals surface area contributed by atoms with E-state index in [0.717, 1.165) is 108 Å². The summed E-state index contributed by atoms with van der Waals surface area (Å²) < 4.78 is 3.82. The molecule has 0 saturated carbocycles. The van der Waals surface area contributed by atoms with Crippen LogP contribution in [0.3, 0.4) is 0 Å². The number of para-hydroxylation sites is 2. The highest BCUT2D eigenvalue weighted by atomic mass is 32.1. The van der Waals surface area contributed by atoms with Crippen LogP contribution in [0, 0.1) is 0 Å². The summed E-state index contributed by atoms with van der Waals surface area (Å²) in [6.45, 7) is 0. The summed E-state index contributed by atoms with van der Waals surface area (Å²) in [5.41, 5.74) is 13.0. The van der Waals surface area contributed by atoms with Crippen molar-refractivity contribution < 1.29 is 0 Å². The van der Waals surface area contributed by atoms with Crippen molar-refractivity contribution in [3.05, 3.63) is 332 Å². The molecule has 0 saturated heterocycles. The fraction of sp³-hybridized carbons (Fsp3) is 0.0286. The third-order valence-corrected chi connectivity index (χ3v) is 18.3. The zero-order valence-corrected chi connectivity index (χ0v) is 42.6. The molecule has 0 amide bonds. The first kappa shape index (κ1) is 44.3. The monoisotopic (exact) mass is 1010 g/mol. The minimum Gasteiger partial charge on any atom is -0.310 e. The molecule has 76 heavy (non-hydrogen) atoms. The van der Waals surface area contributed by atoms with Crippen LogP contribution in [0.4, 0.5) is 34.1 Å². The zero-order chi connectivity index (χ0) is 50.5. The maximum Gasteiger partial charge on any atom is 0.195 e. The summed E-state index contributed by atoms with van der Waals surface area (Å²) in [7, 11) is 0. The molecule has 4 heterocycles. The van der Waals surface area contributed by atoms with E-state index in [1.807, 2.05) is 48.5 Å². The molecule has 0 bridgehead atoms. The van der Waals surface area contributed by atoms with E-state index in [1.54, 1.807) is 22.7 Å². The lowest BCUT2D eigenvalue weighted by atomic mass is 9.59. The second-order valence-electron chi connectivity index (χ2n) is 19.8. The Morgan fingerprint density at radius 3 is 0.961 bits per heavy atom. The summed E-state index contributed by atoms with van der Waals surface area (Å²) in [5, 5.41) is 2.82. The third kappa shape index (κ3) is 6.29. The van der Waals surface area contributed by atoms with Crippen molar-refractivity contribution in [3.63, 3.8) is 0 Å². The molecular weight excluding hydrogens is 965 g/mol. The van der Waals surface area contributed by atoms with Crippen LogP contribution in [-0.2, 0) is 10.8 Å². The van der Waals surface area contributed by atoms with E-state index in [1.165, 1.54) is 0 Å². The van der Waals surface area contributed by atoms with Gasteiger partial charge in [-0.05, 0) is 129 Å². The van der Waals surface area contributed by atoms with Crippen molar-refractivity contribution in [2.75, 3.05) is 9.80 Å². The molecule has 0 atom stereocenters. The quantitative estimate of drug-likeness (QED) is 0.156. The molecule has 0 fully saturated rings. The molecule has 0 N–H and O–H groups in total. The Balaban J connectivity index is 1.13. The number of hydrogen-bond acceptors (Lipinski definition) is 6. The average Bonchev–Trinajstić information content (AvgIpc) is 3.66. The van der Waals surface area contributed by atoms with Crippen molar-refractivity contribution in [1.82, 2.24) is 0 Å². The summed E-state index contributed by atoms with van der Waals surface area (Å²) in [5.74, 6) is 0. The van der Waals surface area contributed by atoms with Crippen molar-refractivity contribution >= 4 is 97.1 Å². The number of rotatable bonds is 6. The van der Waals surface area contributed by atoms with Crippen LogP contribution < -0.4 is 20.7 Å². The second-order valence-corrected chi connectivity index (χ2v) is 21.9. The molecule has 15 rings (SSSR count). The van der Waals surface area contributed by atoms with Crippen molar-refractivity contribution in [3.8, 4) is 0 Å². The highest BCUT2D eigenvalue weighted by Crippen LogP contribution is 2.64. The van der Waals surface area contributed by atoms with Gasteiger partial charge < -0.3 is 9.80 Å². The van der Waals surface area contributed by atoms with Crippen LogP contribution in [0.2, 0.25) is 0 Å². The Bertz CT molecular complexity index is 4220. The van der Waals surface area contributed by atoms with Gasteiger partial charge in [0.1, 0.15) is 0 Å². The maximum absolute atomic E-state index is 14.7. The van der Waals surface area contributed by atoms with Gasteiger partial charge in [-0.15, -0.1) is 22.7 Å². The Morgan fingerprint density at radius 1 is 0.263 bits per heavy atom. The Hall–Kier alpha value is -9.20. The average molecular weight is 1010 g/mol. The van der Waals surface area contributed by atoms with Crippen LogP contribution in [0.1, 0.15) is 44.5 Å².